The van der Waals surface area contributed by atoms with Crippen LogP contribution in [-0.4, -0.2) is 92.6 Å². The summed E-state index contributed by atoms with van der Waals surface area (Å²) in [6.45, 7) is 1.60. The van der Waals surface area contributed by atoms with Crippen molar-refractivity contribution in [3.8, 4) is 0 Å². The Balaban J connectivity index is 0.000000172. The van der Waals surface area contributed by atoms with Gasteiger partial charge in [0.15, 0.2) is 5.58 Å². The summed E-state index contributed by atoms with van der Waals surface area (Å²) in [5.41, 5.74) is 2.33. The molecule has 260 valence electrons. The van der Waals surface area contributed by atoms with E-state index >= 15 is 0 Å². The van der Waals surface area contributed by atoms with Gasteiger partial charge in [-0.05, 0) is 62.3 Å². The number of aryl methyl sites for hydroxylation is 2. The second-order valence-corrected chi connectivity index (χ2v) is 16.8. The fourth-order valence-corrected chi connectivity index (χ4v) is 9.49. The van der Waals surface area contributed by atoms with Crippen LogP contribution in [0.3, 0.4) is 0 Å². The van der Waals surface area contributed by atoms with Gasteiger partial charge in [-0.1, -0.05) is 5.16 Å². The molecule has 0 spiro atoms. The molecule has 0 bridgehead atoms. The lowest BCUT2D eigenvalue weighted by Crippen LogP contribution is -2.35. The van der Waals surface area contributed by atoms with E-state index < -0.39 is 21.6 Å². The number of aliphatic hydroxyl groups excluding tert-OH is 2. The van der Waals surface area contributed by atoms with Crippen LogP contribution in [0.25, 0.3) is 11.0 Å². The first-order chi connectivity index (χ1) is 23.7. The highest BCUT2D eigenvalue weighted by atomic mass is 35.5. The van der Waals surface area contributed by atoms with Crippen molar-refractivity contribution in [1.29, 1.82) is 0 Å². The summed E-state index contributed by atoms with van der Waals surface area (Å²) < 4.78 is 43.2. The number of fused-ring (bicyclic) bond motifs is 3. The largest absolute Gasteiger partial charge is 0.394 e. The van der Waals surface area contributed by atoms with Crippen molar-refractivity contribution in [2.45, 2.75) is 78.2 Å². The number of piperidine rings is 1. The van der Waals surface area contributed by atoms with Crippen molar-refractivity contribution in [3.63, 3.8) is 0 Å². The van der Waals surface area contributed by atoms with E-state index in [9.17, 15) is 23.0 Å². The Morgan fingerprint density at radius 3 is 2.08 bits per heavy atom. The fourth-order valence-electron chi connectivity index (χ4n) is 6.69. The van der Waals surface area contributed by atoms with Gasteiger partial charge >= 0.3 is 0 Å². The number of rotatable bonds is 8. The predicted molar refractivity (Wildman–Crippen MR) is 183 cm³/mol. The predicted octanol–water partition coefficient (Wildman–Crippen LogP) is 3.47. The molecule has 2 atom stereocenters. The number of nitrogens with one attached hydrogen (secondary N) is 2. The summed E-state index contributed by atoms with van der Waals surface area (Å²) in [5, 5.41) is 30.8. The molecule has 1 aromatic carbocycles. The summed E-state index contributed by atoms with van der Waals surface area (Å²) in [6, 6.07) is 4.55. The van der Waals surface area contributed by atoms with Gasteiger partial charge in [-0.2, -0.15) is 9.97 Å². The van der Waals surface area contributed by atoms with Gasteiger partial charge in [0.05, 0.1) is 63.0 Å². The number of hydrogen-bond donors (Lipinski definition) is 4. The fraction of sp³-hybridized carbons (Fsp3) is 0.531. The van der Waals surface area contributed by atoms with Gasteiger partial charge in [0.25, 0.3) is 0 Å². The molecule has 13 nitrogen and oxygen atoms in total. The van der Waals surface area contributed by atoms with Gasteiger partial charge in [-0.3, -0.25) is 8.42 Å². The van der Waals surface area contributed by atoms with Crippen molar-refractivity contribution in [2.24, 2.45) is 0 Å². The number of aromatic nitrogens is 5. The molecule has 2 unspecified atom stereocenters. The zero-order chi connectivity index (χ0) is 33.9. The van der Waals surface area contributed by atoms with Gasteiger partial charge in [0, 0.05) is 54.8 Å². The average Bonchev–Trinajstić information content (AvgIpc) is 3.92. The van der Waals surface area contributed by atoms with Gasteiger partial charge in [-0.15, -0.1) is 0 Å². The van der Waals surface area contributed by atoms with E-state index in [0.717, 1.165) is 74.1 Å². The molecular formula is C32H36ClFN8O5S2. The van der Waals surface area contributed by atoms with Crippen molar-refractivity contribution >= 4 is 61.8 Å². The maximum atomic E-state index is 13.5. The van der Waals surface area contributed by atoms with E-state index in [-0.39, 0.29) is 41.3 Å². The highest BCUT2D eigenvalue weighted by Gasteiger charge is 2.45. The second kappa shape index (κ2) is 12.8. The Kier molecular flexibility index (Phi) is 8.57. The Hall–Kier alpha value is -3.31. The number of nitrogens with zero attached hydrogens (tertiary/aromatic N) is 6. The molecule has 0 amide bonds. The summed E-state index contributed by atoms with van der Waals surface area (Å²) >= 11 is 5.85. The molecule has 0 radical (unpaired) electrons. The molecule has 4 aromatic rings. The highest BCUT2D eigenvalue weighted by Crippen LogP contribution is 2.42. The number of hydrogen-bond acceptors (Lipinski definition) is 13. The summed E-state index contributed by atoms with van der Waals surface area (Å²) in [7, 11) is -2.16. The molecule has 49 heavy (non-hydrogen) atoms. The lowest BCUT2D eigenvalue weighted by molar-refractivity contribution is 0.265. The van der Waals surface area contributed by atoms with Gasteiger partial charge in [0.2, 0.25) is 11.2 Å². The number of halogens is 2. The van der Waals surface area contributed by atoms with E-state index in [0.29, 0.717) is 57.3 Å². The maximum Gasteiger partial charge on any atom is 0.227 e. The normalized spacial score (nSPS) is 23.1. The molecule has 9 rings (SSSR count). The van der Waals surface area contributed by atoms with E-state index in [1.165, 1.54) is 12.1 Å². The average molecular weight is 731 g/mol. The third-order valence-corrected chi connectivity index (χ3v) is 13.1. The van der Waals surface area contributed by atoms with Crippen LogP contribution in [0.2, 0.25) is 5.28 Å². The third-order valence-electron chi connectivity index (χ3n) is 10.0. The first-order valence-corrected chi connectivity index (χ1v) is 19.5. The SMILES string of the molecule is O=S1CCc2nc(Cl)nc(NC3(CO)CC3)c21.O=S1CCc2nc(N3CCC(c4noc5cc(F)ccc45)CC3)nc(NC3(CO)CC3)c21. The quantitative estimate of drug-likeness (QED) is 0.194. The molecule has 17 heteroatoms. The number of anilines is 3. The summed E-state index contributed by atoms with van der Waals surface area (Å²) in [5.74, 6) is 2.82. The van der Waals surface area contributed by atoms with E-state index in [1.807, 2.05) is 0 Å². The minimum Gasteiger partial charge on any atom is -0.394 e. The molecule has 3 aromatic heterocycles. The highest BCUT2D eigenvalue weighted by molar-refractivity contribution is 7.85. The monoisotopic (exact) mass is 730 g/mol. The summed E-state index contributed by atoms with van der Waals surface area (Å²) in [6.07, 6.45) is 6.61. The van der Waals surface area contributed by atoms with Crippen molar-refractivity contribution in [3.05, 3.63) is 46.4 Å². The van der Waals surface area contributed by atoms with E-state index in [1.54, 1.807) is 6.07 Å². The zero-order valence-corrected chi connectivity index (χ0v) is 29.0. The Labute approximate surface area is 291 Å². The van der Waals surface area contributed by atoms with Crippen molar-refractivity contribution in [2.75, 3.05) is 53.3 Å². The Bertz CT molecular complexity index is 1980. The molecule has 4 N–H and O–H groups in total. The van der Waals surface area contributed by atoms with E-state index in [4.69, 9.17) is 26.1 Å². The minimum atomic E-state index is -1.11. The van der Waals surface area contributed by atoms with Gasteiger partial charge in [0.1, 0.15) is 27.2 Å². The lowest BCUT2D eigenvalue weighted by Gasteiger charge is -2.32. The van der Waals surface area contributed by atoms with Crippen LogP contribution >= 0.6 is 11.6 Å². The second-order valence-electron chi connectivity index (χ2n) is 13.5. The number of benzene rings is 1. The number of aliphatic hydroxyl groups is 2. The molecular weight excluding hydrogens is 695 g/mol. The van der Waals surface area contributed by atoms with Crippen LogP contribution < -0.4 is 15.5 Å². The Morgan fingerprint density at radius 1 is 0.898 bits per heavy atom. The Morgan fingerprint density at radius 2 is 1.49 bits per heavy atom. The van der Waals surface area contributed by atoms with Crippen LogP contribution in [0.15, 0.2) is 32.5 Å². The van der Waals surface area contributed by atoms with Crippen LogP contribution in [0.4, 0.5) is 22.0 Å². The molecule has 1 saturated heterocycles. The standard InChI is InChI=1S/C22H24FN5O3S.C10H12ClN3O2S/c23-14-1-2-15-17(11-14)31-27-18(15)13-3-8-28(9-4-13)21-24-16-5-10-32(30)19(16)20(25-21)26-22(12-29)6-7-22;11-9-12-6-1-4-17(16)7(6)8(13-9)14-10(5-15)2-3-10/h1-2,11,13,29H,3-10,12H2,(H,24,25,26);15H,1-5H2,(H,12,13,14). The van der Waals surface area contributed by atoms with E-state index in [2.05, 4.69) is 30.7 Å². The smallest absolute Gasteiger partial charge is 0.227 e. The molecule has 2 saturated carbocycles. The van der Waals surface area contributed by atoms with Crippen LogP contribution in [0, 0.1) is 5.82 Å². The maximum absolute atomic E-state index is 13.5. The first kappa shape index (κ1) is 32.9. The molecule has 3 fully saturated rings. The minimum absolute atomic E-state index is 0.0364. The summed E-state index contributed by atoms with van der Waals surface area (Å²) in [4.78, 5) is 21.2. The van der Waals surface area contributed by atoms with Crippen LogP contribution in [-0.2, 0) is 34.4 Å². The van der Waals surface area contributed by atoms with Crippen LogP contribution in [0.1, 0.15) is 61.5 Å². The van der Waals surface area contributed by atoms with Gasteiger partial charge < -0.3 is 30.3 Å². The molecule has 5 aliphatic rings. The van der Waals surface area contributed by atoms with Crippen molar-refractivity contribution < 1.29 is 27.5 Å². The molecule has 6 heterocycles. The van der Waals surface area contributed by atoms with Crippen molar-refractivity contribution in [1.82, 2.24) is 25.1 Å². The van der Waals surface area contributed by atoms with Gasteiger partial charge in [-0.25, -0.2) is 14.4 Å². The zero-order valence-electron chi connectivity index (χ0n) is 26.6. The molecule has 3 aliphatic heterocycles. The third kappa shape index (κ3) is 6.41. The molecule has 2 aliphatic carbocycles. The topological polar surface area (TPSA) is 179 Å². The lowest BCUT2D eigenvalue weighted by atomic mass is 9.92. The van der Waals surface area contributed by atoms with Crippen LogP contribution in [0.5, 0.6) is 0 Å². The first-order valence-electron chi connectivity index (χ1n) is 16.5.